The molecule has 1 aromatic carbocycles. The smallest absolute Gasteiger partial charge is 0.258 e. The van der Waals surface area contributed by atoms with Crippen LogP contribution in [0.4, 0.5) is 0 Å². The van der Waals surface area contributed by atoms with Crippen LogP contribution in [0, 0.1) is 0 Å². The Balaban J connectivity index is 1.86. The molecule has 2 fully saturated rings. The van der Waals surface area contributed by atoms with Crippen LogP contribution in [0.25, 0.3) is 0 Å². The van der Waals surface area contributed by atoms with Gasteiger partial charge in [-0.25, -0.2) is 0 Å². The van der Waals surface area contributed by atoms with Crippen molar-refractivity contribution in [1.29, 1.82) is 0 Å². The van der Waals surface area contributed by atoms with Crippen LogP contribution in [-0.2, 0) is 9.53 Å². The van der Waals surface area contributed by atoms with Crippen LogP contribution in [0.15, 0.2) is 30.3 Å². The lowest BCUT2D eigenvalue weighted by molar-refractivity contribution is -0.131. The van der Waals surface area contributed by atoms with Crippen molar-refractivity contribution >= 4 is 5.91 Å². The number of nitrogens with zero attached hydrogens (tertiary/aromatic N) is 1. The topological polar surface area (TPSA) is 29.5 Å². The van der Waals surface area contributed by atoms with E-state index in [0.717, 1.165) is 31.4 Å². The zero-order valence-corrected chi connectivity index (χ0v) is 9.13. The van der Waals surface area contributed by atoms with Gasteiger partial charge in [0.1, 0.15) is 6.23 Å². The molecule has 0 unspecified atom stereocenters. The van der Waals surface area contributed by atoms with Crippen LogP contribution in [0.2, 0.25) is 0 Å². The Labute approximate surface area is 95.0 Å². The lowest BCUT2D eigenvalue weighted by Crippen LogP contribution is -2.37. The third kappa shape index (κ3) is 1.52. The third-order valence-electron chi connectivity index (χ3n) is 3.35. The van der Waals surface area contributed by atoms with Gasteiger partial charge in [0.05, 0.1) is 0 Å². The molecule has 0 saturated carbocycles. The predicted octanol–water partition coefficient (Wildman–Crippen LogP) is 2.10. The summed E-state index contributed by atoms with van der Waals surface area (Å²) >= 11 is 0. The van der Waals surface area contributed by atoms with Gasteiger partial charge >= 0.3 is 0 Å². The van der Waals surface area contributed by atoms with Gasteiger partial charge in [0.15, 0.2) is 6.10 Å². The van der Waals surface area contributed by atoms with E-state index in [1.165, 1.54) is 0 Å². The fourth-order valence-electron chi connectivity index (χ4n) is 2.51. The second kappa shape index (κ2) is 3.91. The molecule has 3 nitrogen and oxygen atoms in total. The van der Waals surface area contributed by atoms with Crippen LogP contribution in [-0.4, -0.2) is 23.6 Å². The molecule has 0 spiro atoms. The fourth-order valence-corrected chi connectivity index (χ4v) is 2.51. The average Bonchev–Trinajstić information content (AvgIpc) is 2.69. The molecule has 2 aliphatic rings. The third-order valence-corrected chi connectivity index (χ3v) is 3.35. The molecule has 3 rings (SSSR count). The molecule has 2 heterocycles. The van der Waals surface area contributed by atoms with E-state index in [1.807, 2.05) is 35.2 Å². The average molecular weight is 217 g/mol. The van der Waals surface area contributed by atoms with Gasteiger partial charge in [0.25, 0.3) is 5.91 Å². The van der Waals surface area contributed by atoms with E-state index in [2.05, 4.69) is 0 Å². The number of ether oxygens (including phenoxy) is 1. The highest BCUT2D eigenvalue weighted by Crippen LogP contribution is 2.34. The quantitative estimate of drug-likeness (QED) is 0.721. The molecule has 2 aliphatic heterocycles. The maximum absolute atomic E-state index is 12.1. The van der Waals surface area contributed by atoms with Crippen molar-refractivity contribution in [3.8, 4) is 0 Å². The molecule has 0 radical (unpaired) electrons. The van der Waals surface area contributed by atoms with Crippen LogP contribution >= 0.6 is 0 Å². The van der Waals surface area contributed by atoms with Gasteiger partial charge in [-0.05, 0) is 24.8 Å². The monoisotopic (exact) mass is 217 g/mol. The van der Waals surface area contributed by atoms with Crippen LogP contribution in [0.5, 0.6) is 0 Å². The van der Waals surface area contributed by atoms with E-state index in [-0.39, 0.29) is 18.2 Å². The standard InChI is InChI=1S/C13H15NO2/c15-13-12(10-6-2-1-3-7-10)16-11-8-4-5-9-14(11)13/h1-3,6-7,11-12H,4-5,8-9H2/t11-,12+/m0/s1. The molecule has 16 heavy (non-hydrogen) atoms. The molecular formula is C13H15NO2. The van der Waals surface area contributed by atoms with Gasteiger partial charge in [-0.15, -0.1) is 0 Å². The summed E-state index contributed by atoms with van der Waals surface area (Å²) in [7, 11) is 0. The minimum Gasteiger partial charge on any atom is -0.340 e. The van der Waals surface area contributed by atoms with Crippen LogP contribution in [0.1, 0.15) is 30.9 Å². The summed E-state index contributed by atoms with van der Waals surface area (Å²) in [5.74, 6) is 0.135. The van der Waals surface area contributed by atoms with Crippen molar-refractivity contribution in [2.75, 3.05) is 6.54 Å². The molecule has 0 aromatic heterocycles. The van der Waals surface area contributed by atoms with E-state index in [9.17, 15) is 4.79 Å². The first kappa shape index (κ1) is 9.85. The van der Waals surface area contributed by atoms with Crippen molar-refractivity contribution in [3.63, 3.8) is 0 Å². The van der Waals surface area contributed by atoms with E-state index >= 15 is 0 Å². The van der Waals surface area contributed by atoms with Crippen molar-refractivity contribution < 1.29 is 9.53 Å². The van der Waals surface area contributed by atoms with Crippen molar-refractivity contribution in [2.45, 2.75) is 31.6 Å². The molecule has 2 saturated heterocycles. The Kier molecular flexibility index (Phi) is 2.40. The number of hydrogen-bond acceptors (Lipinski definition) is 2. The van der Waals surface area contributed by atoms with Gasteiger partial charge in [0.2, 0.25) is 0 Å². The van der Waals surface area contributed by atoms with Gasteiger partial charge < -0.3 is 9.64 Å². The Hall–Kier alpha value is -1.35. The normalized spacial score (nSPS) is 29.2. The summed E-state index contributed by atoms with van der Waals surface area (Å²) in [6.45, 7) is 0.854. The summed E-state index contributed by atoms with van der Waals surface area (Å²) < 4.78 is 5.84. The molecule has 84 valence electrons. The van der Waals surface area contributed by atoms with Gasteiger partial charge in [-0.1, -0.05) is 30.3 Å². The number of carbonyl (C=O) groups is 1. The van der Waals surface area contributed by atoms with E-state index in [4.69, 9.17) is 4.74 Å². The van der Waals surface area contributed by atoms with Crippen LogP contribution < -0.4 is 0 Å². The van der Waals surface area contributed by atoms with Gasteiger partial charge in [-0.2, -0.15) is 0 Å². The first-order chi connectivity index (χ1) is 7.86. The largest absolute Gasteiger partial charge is 0.340 e. The van der Waals surface area contributed by atoms with E-state index in [0.29, 0.717) is 0 Å². The molecular weight excluding hydrogens is 202 g/mol. The molecule has 0 N–H and O–H groups in total. The maximum Gasteiger partial charge on any atom is 0.258 e. The Bertz CT molecular complexity index is 390. The van der Waals surface area contributed by atoms with E-state index < -0.39 is 0 Å². The summed E-state index contributed by atoms with van der Waals surface area (Å²) in [4.78, 5) is 14.0. The first-order valence-electron chi connectivity index (χ1n) is 5.87. The summed E-state index contributed by atoms with van der Waals surface area (Å²) in [6.07, 6.45) is 2.90. The van der Waals surface area contributed by atoms with Gasteiger partial charge in [0, 0.05) is 6.54 Å². The number of piperidine rings is 1. The molecule has 1 aromatic rings. The lowest BCUT2D eigenvalue weighted by atomic mass is 10.1. The Morgan fingerprint density at radius 3 is 2.75 bits per heavy atom. The van der Waals surface area contributed by atoms with Crippen molar-refractivity contribution in [1.82, 2.24) is 4.90 Å². The number of rotatable bonds is 1. The second-order valence-corrected chi connectivity index (χ2v) is 4.41. The second-order valence-electron chi connectivity index (χ2n) is 4.41. The lowest BCUT2D eigenvalue weighted by Gasteiger charge is -2.27. The number of benzene rings is 1. The molecule has 0 bridgehead atoms. The minimum absolute atomic E-state index is 0.0199. The van der Waals surface area contributed by atoms with Crippen LogP contribution in [0.3, 0.4) is 0 Å². The van der Waals surface area contributed by atoms with E-state index in [1.54, 1.807) is 0 Å². The summed E-state index contributed by atoms with van der Waals surface area (Å²) in [5, 5.41) is 0. The van der Waals surface area contributed by atoms with Crippen molar-refractivity contribution in [2.24, 2.45) is 0 Å². The molecule has 1 amide bonds. The molecule has 0 aliphatic carbocycles. The zero-order valence-electron chi connectivity index (χ0n) is 9.13. The highest BCUT2D eigenvalue weighted by Gasteiger charge is 2.41. The summed E-state index contributed by atoms with van der Waals surface area (Å²) in [5.41, 5.74) is 0.974. The number of carbonyl (C=O) groups excluding carboxylic acids is 1. The molecule has 2 atom stereocenters. The number of amides is 1. The fraction of sp³-hybridized carbons (Fsp3) is 0.462. The highest BCUT2D eigenvalue weighted by molar-refractivity contribution is 5.84. The highest BCUT2D eigenvalue weighted by atomic mass is 16.5. The Morgan fingerprint density at radius 1 is 1.19 bits per heavy atom. The predicted molar refractivity (Wildman–Crippen MR) is 59.6 cm³/mol. The SMILES string of the molecule is O=C1[C@@H](c2ccccc2)O[C@H]2CCCCN12. The zero-order chi connectivity index (χ0) is 11.0. The van der Waals surface area contributed by atoms with Crippen molar-refractivity contribution in [3.05, 3.63) is 35.9 Å². The van der Waals surface area contributed by atoms with Gasteiger partial charge in [-0.3, -0.25) is 4.79 Å². The number of hydrogen-bond donors (Lipinski definition) is 0. The summed E-state index contributed by atoms with van der Waals surface area (Å²) in [6, 6.07) is 9.77. The minimum atomic E-state index is -0.371. The molecule has 3 heteroatoms. The number of fused-ring (bicyclic) bond motifs is 1. The maximum atomic E-state index is 12.1. The Morgan fingerprint density at radius 2 is 2.00 bits per heavy atom. The first-order valence-corrected chi connectivity index (χ1v) is 5.87.